The van der Waals surface area contributed by atoms with Crippen molar-refractivity contribution in [2.24, 2.45) is 11.8 Å². The van der Waals surface area contributed by atoms with Crippen LogP contribution in [0.2, 0.25) is 0 Å². The van der Waals surface area contributed by atoms with Crippen molar-refractivity contribution in [3.8, 4) is 5.75 Å². The zero-order valence-electron chi connectivity index (χ0n) is 17.7. The Balaban J connectivity index is 1.51. The van der Waals surface area contributed by atoms with Gasteiger partial charge in [-0.05, 0) is 49.7 Å². The number of non-ortho nitro benzene ring substituents is 1. The van der Waals surface area contributed by atoms with Gasteiger partial charge in [0.1, 0.15) is 11.3 Å². The van der Waals surface area contributed by atoms with E-state index in [1.807, 2.05) is 4.90 Å². The maximum atomic E-state index is 13.9. The van der Waals surface area contributed by atoms with Crippen LogP contribution in [0, 0.1) is 22.0 Å². The molecule has 4 aliphatic rings. The summed E-state index contributed by atoms with van der Waals surface area (Å²) in [5, 5.41) is 13.9. The van der Waals surface area contributed by atoms with Gasteiger partial charge in [0.25, 0.3) is 5.69 Å². The van der Waals surface area contributed by atoms with Gasteiger partial charge >= 0.3 is 0 Å². The third kappa shape index (κ3) is 2.33. The predicted molar refractivity (Wildman–Crippen MR) is 116 cm³/mol. The normalized spacial score (nSPS) is 29.9. The molecule has 2 aromatic rings. The van der Waals surface area contributed by atoms with Crippen molar-refractivity contribution < 1.29 is 24.0 Å². The fraction of sp³-hybridized carbons (Fsp3) is 0.348. The summed E-state index contributed by atoms with van der Waals surface area (Å²) in [4.78, 5) is 54.7. The van der Waals surface area contributed by atoms with Gasteiger partial charge in [0, 0.05) is 29.4 Å². The van der Waals surface area contributed by atoms with E-state index in [0.717, 1.165) is 11.3 Å². The molecule has 168 valence electrons. The molecular formula is C23H20N4O6. The number of carbonyl (C=O) groups is 3. The second-order valence-corrected chi connectivity index (χ2v) is 8.82. The van der Waals surface area contributed by atoms with E-state index in [2.05, 4.69) is 5.32 Å². The first-order valence-corrected chi connectivity index (χ1v) is 10.8. The highest BCUT2D eigenvalue weighted by atomic mass is 16.6. The van der Waals surface area contributed by atoms with Crippen LogP contribution in [0.4, 0.5) is 17.1 Å². The van der Waals surface area contributed by atoms with Gasteiger partial charge in [-0.25, -0.2) is 4.90 Å². The molecule has 4 atom stereocenters. The Bertz CT molecular complexity index is 1240. The molecule has 3 fully saturated rings. The van der Waals surface area contributed by atoms with Crippen LogP contribution in [0.15, 0.2) is 42.5 Å². The lowest BCUT2D eigenvalue weighted by molar-refractivity contribution is -0.384. The highest BCUT2D eigenvalue weighted by molar-refractivity contribution is 6.25. The Labute approximate surface area is 188 Å². The van der Waals surface area contributed by atoms with Crippen LogP contribution in [0.1, 0.15) is 18.4 Å². The molecule has 33 heavy (non-hydrogen) atoms. The van der Waals surface area contributed by atoms with Crippen LogP contribution in [-0.4, -0.2) is 47.2 Å². The average Bonchev–Trinajstić information content (AvgIpc) is 3.51. The quantitative estimate of drug-likeness (QED) is 0.433. The first kappa shape index (κ1) is 19.9. The molecule has 2 aromatic carbocycles. The molecule has 10 nitrogen and oxygen atoms in total. The standard InChI is InChI=1S/C23H20N4O6/c1-33-14-8-9-16-15(11-14)23(22(30)24-16)19-18(17-3-2-10-25(17)23)20(28)26(21(19)29)12-4-6-13(7-5-12)27(31)32/h4-9,11,17-19H,2-3,10H2,1H3,(H,24,30)/t17-,18-,19-,23-/m1/s1. The lowest BCUT2D eigenvalue weighted by Gasteiger charge is -2.36. The number of ether oxygens (including phenoxy) is 1. The maximum Gasteiger partial charge on any atom is 0.269 e. The van der Waals surface area contributed by atoms with Gasteiger partial charge in [-0.1, -0.05) is 0 Å². The number of benzene rings is 2. The molecule has 4 aliphatic heterocycles. The number of rotatable bonds is 3. The second kappa shape index (κ2) is 6.61. The van der Waals surface area contributed by atoms with E-state index >= 15 is 0 Å². The fourth-order valence-electron chi connectivity index (χ4n) is 6.29. The summed E-state index contributed by atoms with van der Waals surface area (Å²) in [6.07, 6.45) is 1.53. The Hall–Kier alpha value is -3.79. The lowest BCUT2D eigenvalue weighted by Crippen LogP contribution is -2.54. The van der Waals surface area contributed by atoms with Gasteiger partial charge in [-0.3, -0.25) is 29.4 Å². The SMILES string of the molecule is COc1ccc2c(c1)[C@]1(C(=O)N2)[C@H]2C(=O)N(c3ccc([N+](=O)[O-])cc3)C(=O)[C@@H]2[C@H]2CCCN21. The molecule has 0 saturated carbocycles. The molecule has 3 saturated heterocycles. The number of nitrogens with zero attached hydrogens (tertiary/aromatic N) is 3. The van der Waals surface area contributed by atoms with Crippen molar-refractivity contribution >= 4 is 34.8 Å². The number of nitro groups is 1. The van der Waals surface area contributed by atoms with E-state index in [9.17, 15) is 24.5 Å². The average molecular weight is 448 g/mol. The molecular weight excluding hydrogens is 428 g/mol. The molecule has 0 aliphatic carbocycles. The number of hydrogen-bond acceptors (Lipinski definition) is 7. The first-order chi connectivity index (χ1) is 15.9. The number of hydrogen-bond donors (Lipinski definition) is 1. The monoisotopic (exact) mass is 448 g/mol. The van der Waals surface area contributed by atoms with Crippen LogP contribution in [0.5, 0.6) is 5.75 Å². The summed E-state index contributed by atoms with van der Waals surface area (Å²) in [6.45, 7) is 0.611. The van der Waals surface area contributed by atoms with Crippen molar-refractivity contribution in [3.05, 3.63) is 58.1 Å². The predicted octanol–water partition coefficient (Wildman–Crippen LogP) is 2.03. The summed E-state index contributed by atoms with van der Waals surface area (Å²) in [5.41, 5.74) is 0.110. The minimum absolute atomic E-state index is 0.132. The summed E-state index contributed by atoms with van der Waals surface area (Å²) in [5.74, 6) is -2.13. The minimum atomic E-state index is -1.29. The summed E-state index contributed by atoms with van der Waals surface area (Å²) in [7, 11) is 1.54. The third-order valence-corrected chi connectivity index (χ3v) is 7.52. The van der Waals surface area contributed by atoms with Crippen LogP contribution in [0.3, 0.4) is 0 Å². The van der Waals surface area contributed by atoms with Crippen molar-refractivity contribution in [3.63, 3.8) is 0 Å². The molecule has 0 unspecified atom stereocenters. The lowest BCUT2D eigenvalue weighted by atomic mass is 9.75. The van der Waals surface area contributed by atoms with Crippen LogP contribution in [-0.2, 0) is 19.9 Å². The zero-order valence-corrected chi connectivity index (χ0v) is 17.7. The van der Waals surface area contributed by atoms with Gasteiger partial charge in [0.05, 0.1) is 29.6 Å². The van der Waals surface area contributed by atoms with Crippen molar-refractivity contribution in [2.75, 3.05) is 23.9 Å². The number of nitro benzene ring substituents is 1. The molecule has 0 radical (unpaired) electrons. The van der Waals surface area contributed by atoms with E-state index in [1.54, 1.807) is 18.2 Å². The van der Waals surface area contributed by atoms with E-state index in [0.29, 0.717) is 30.0 Å². The second-order valence-electron chi connectivity index (χ2n) is 8.82. The number of methoxy groups -OCH3 is 1. The van der Waals surface area contributed by atoms with Gasteiger partial charge in [-0.2, -0.15) is 0 Å². The Morgan fingerprint density at radius 2 is 1.88 bits per heavy atom. The summed E-state index contributed by atoms with van der Waals surface area (Å²) >= 11 is 0. The largest absolute Gasteiger partial charge is 0.497 e. The third-order valence-electron chi connectivity index (χ3n) is 7.52. The number of carbonyl (C=O) groups excluding carboxylic acids is 3. The fourth-order valence-corrected chi connectivity index (χ4v) is 6.29. The Morgan fingerprint density at radius 3 is 2.58 bits per heavy atom. The van der Waals surface area contributed by atoms with Crippen LogP contribution in [0.25, 0.3) is 0 Å². The molecule has 3 amide bonds. The van der Waals surface area contributed by atoms with Crippen molar-refractivity contribution in [1.29, 1.82) is 0 Å². The molecule has 0 aromatic heterocycles. The molecule has 6 rings (SSSR count). The number of fused-ring (bicyclic) bond motifs is 7. The highest BCUT2D eigenvalue weighted by Gasteiger charge is 2.74. The van der Waals surface area contributed by atoms with Gasteiger partial charge in [0.15, 0.2) is 0 Å². The van der Waals surface area contributed by atoms with E-state index in [1.165, 1.54) is 31.4 Å². The molecule has 0 bridgehead atoms. The highest BCUT2D eigenvalue weighted by Crippen LogP contribution is 2.61. The number of nitrogens with one attached hydrogen (secondary N) is 1. The van der Waals surface area contributed by atoms with Crippen molar-refractivity contribution in [1.82, 2.24) is 4.90 Å². The van der Waals surface area contributed by atoms with Gasteiger partial charge in [-0.15, -0.1) is 0 Å². The van der Waals surface area contributed by atoms with E-state index in [-0.39, 0.29) is 29.2 Å². The summed E-state index contributed by atoms with van der Waals surface area (Å²) < 4.78 is 5.39. The molecule has 1 spiro atoms. The molecule has 1 N–H and O–H groups in total. The number of anilines is 2. The number of amides is 3. The Morgan fingerprint density at radius 1 is 1.12 bits per heavy atom. The van der Waals surface area contributed by atoms with Crippen molar-refractivity contribution in [2.45, 2.75) is 24.4 Å². The van der Waals surface area contributed by atoms with Gasteiger partial charge in [0.2, 0.25) is 17.7 Å². The maximum absolute atomic E-state index is 13.9. The minimum Gasteiger partial charge on any atom is -0.497 e. The number of imide groups is 1. The zero-order chi connectivity index (χ0) is 23.1. The first-order valence-electron chi connectivity index (χ1n) is 10.8. The smallest absolute Gasteiger partial charge is 0.269 e. The summed E-state index contributed by atoms with van der Waals surface area (Å²) in [6, 6.07) is 10.4. The topological polar surface area (TPSA) is 122 Å². The molecule has 4 heterocycles. The molecule has 10 heteroatoms. The van der Waals surface area contributed by atoms with E-state index in [4.69, 9.17) is 4.74 Å². The van der Waals surface area contributed by atoms with Crippen LogP contribution < -0.4 is 15.0 Å². The van der Waals surface area contributed by atoms with Gasteiger partial charge < -0.3 is 10.1 Å². The van der Waals surface area contributed by atoms with E-state index < -0.39 is 28.2 Å². The van der Waals surface area contributed by atoms with Crippen LogP contribution >= 0.6 is 0 Å². The Kier molecular flexibility index (Phi) is 3.98.